The molecule has 5 heteroatoms. The highest BCUT2D eigenvalue weighted by Crippen LogP contribution is 2.34. The molecule has 1 N–H and O–H groups in total. The zero-order valence-corrected chi connectivity index (χ0v) is 11.6. The van der Waals surface area contributed by atoms with Crippen LogP contribution in [0.2, 0.25) is 0 Å². The van der Waals surface area contributed by atoms with Gasteiger partial charge in [0.1, 0.15) is 0 Å². The molecule has 0 saturated heterocycles. The van der Waals surface area contributed by atoms with Crippen LogP contribution in [0.3, 0.4) is 0 Å². The van der Waals surface area contributed by atoms with E-state index in [0.717, 1.165) is 11.6 Å². The van der Waals surface area contributed by atoms with Crippen molar-refractivity contribution >= 4 is 5.69 Å². The first-order valence-electron chi connectivity index (χ1n) is 6.48. The first kappa shape index (κ1) is 15.4. The van der Waals surface area contributed by atoms with Crippen LogP contribution < -0.4 is 4.90 Å². The minimum atomic E-state index is -4.47. The van der Waals surface area contributed by atoms with Crippen LogP contribution in [0.15, 0.2) is 48.5 Å². The fourth-order valence-electron chi connectivity index (χ4n) is 2.15. The third kappa shape index (κ3) is 3.76. The third-order valence-corrected chi connectivity index (χ3v) is 3.27. The second-order valence-electron chi connectivity index (χ2n) is 4.84. The summed E-state index contributed by atoms with van der Waals surface area (Å²) in [5, 5.41) is 9.03. The SMILES string of the molecule is CN(Cc1ccccc1)c1ccc(CO)c(C(F)(F)F)c1. The van der Waals surface area contributed by atoms with Gasteiger partial charge in [0.2, 0.25) is 0 Å². The number of hydrogen-bond acceptors (Lipinski definition) is 2. The largest absolute Gasteiger partial charge is 0.416 e. The third-order valence-electron chi connectivity index (χ3n) is 3.27. The normalized spacial score (nSPS) is 11.5. The molecule has 0 atom stereocenters. The van der Waals surface area contributed by atoms with E-state index in [-0.39, 0.29) is 5.56 Å². The molecule has 0 aromatic heterocycles. The van der Waals surface area contributed by atoms with E-state index in [0.29, 0.717) is 12.2 Å². The quantitative estimate of drug-likeness (QED) is 0.926. The van der Waals surface area contributed by atoms with Crippen LogP contribution in [-0.2, 0) is 19.3 Å². The summed E-state index contributed by atoms with van der Waals surface area (Å²) >= 11 is 0. The summed E-state index contributed by atoms with van der Waals surface area (Å²) in [5.74, 6) is 0. The number of aliphatic hydroxyl groups excluding tert-OH is 1. The Kier molecular flexibility index (Phi) is 4.53. The van der Waals surface area contributed by atoms with Crippen LogP contribution in [0.25, 0.3) is 0 Å². The van der Waals surface area contributed by atoms with E-state index in [4.69, 9.17) is 5.11 Å². The highest BCUT2D eigenvalue weighted by molar-refractivity contribution is 5.51. The zero-order valence-electron chi connectivity index (χ0n) is 11.6. The highest BCUT2D eigenvalue weighted by Gasteiger charge is 2.33. The van der Waals surface area contributed by atoms with Gasteiger partial charge in [0, 0.05) is 19.3 Å². The number of alkyl halides is 3. The van der Waals surface area contributed by atoms with Crippen molar-refractivity contribution in [2.45, 2.75) is 19.3 Å². The van der Waals surface area contributed by atoms with Crippen LogP contribution in [0, 0.1) is 0 Å². The smallest absolute Gasteiger partial charge is 0.392 e. The molecule has 2 aromatic carbocycles. The van der Waals surface area contributed by atoms with Crippen LogP contribution in [0.5, 0.6) is 0 Å². The molecular weight excluding hydrogens is 279 g/mol. The van der Waals surface area contributed by atoms with Gasteiger partial charge in [-0.05, 0) is 23.3 Å². The average molecular weight is 295 g/mol. The maximum absolute atomic E-state index is 13.0. The van der Waals surface area contributed by atoms with E-state index in [9.17, 15) is 13.2 Å². The van der Waals surface area contributed by atoms with Crippen molar-refractivity contribution in [2.75, 3.05) is 11.9 Å². The van der Waals surface area contributed by atoms with Crippen LogP contribution in [-0.4, -0.2) is 12.2 Å². The maximum Gasteiger partial charge on any atom is 0.416 e. The van der Waals surface area contributed by atoms with Crippen molar-refractivity contribution in [1.29, 1.82) is 0 Å². The Labute approximate surface area is 121 Å². The second kappa shape index (κ2) is 6.18. The van der Waals surface area contributed by atoms with Crippen molar-refractivity contribution in [3.8, 4) is 0 Å². The molecular formula is C16H16F3NO. The Hall–Kier alpha value is -2.01. The molecule has 0 unspecified atom stereocenters. The molecule has 0 bridgehead atoms. The first-order valence-corrected chi connectivity index (χ1v) is 6.48. The summed E-state index contributed by atoms with van der Waals surface area (Å²) < 4.78 is 38.9. The lowest BCUT2D eigenvalue weighted by Crippen LogP contribution is -2.18. The summed E-state index contributed by atoms with van der Waals surface area (Å²) in [6.07, 6.45) is -4.47. The molecule has 0 fully saturated rings. The van der Waals surface area contributed by atoms with E-state index in [1.807, 2.05) is 30.3 Å². The minimum Gasteiger partial charge on any atom is -0.392 e. The van der Waals surface area contributed by atoms with Gasteiger partial charge in [0.25, 0.3) is 0 Å². The molecule has 112 valence electrons. The first-order chi connectivity index (χ1) is 9.91. The van der Waals surface area contributed by atoms with Gasteiger partial charge in [-0.3, -0.25) is 0 Å². The average Bonchev–Trinajstić information content (AvgIpc) is 2.46. The molecule has 0 spiro atoms. The number of aliphatic hydroxyl groups is 1. The highest BCUT2D eigenvalue weighted by atomic mass is 19.4. The lowest BCUT2D eigenvalue weighted by molar-refractivity contribution is -0.138. The predicted octanol–water partition coefficient (Wildman–Crippen LogP) is 3.83. The fourth-order valence-corrected chi connectivity index (χ4v) is 2.15. The monoisotopic (exact) mass is 295 g/mol. The lowest BCUT2D eigenvalue weighted by atomic mass is 10.1. The Morgan fingerprint density at radius 1 is 1.05 bits per heavy atom. The van der Waals surface area contributed by atoms with Crippen molar-refractivity contribution in [3.05, 3.63) is 65.2 Å². The standard InChI is InChI=1S/C16H16F3NO/c1-20(10-12-5-3-2-4-6-12)14-8-7-13(11-21)15(9-14)16(17,18)19/h2-9,21H,10-11H2,1H3. The number of benzene rings is 2. The molecule has 0 heterocycles. The van der Waals surface area contributed by atoms with Gasteiger partial charge < -0.3 is 10.0 Å². The molecule has 0 radical (unpaired) electrons. The molecule has 2 rings (SSSR count). The van der Waals surface area contributed by atoms with Gasteiger partial charge >= 0.3 is 6.18 Å². The number of hydrogen-bond donors (Lipinski definition) is 1. The lowest BCUT2D eigenvalue weighted by Gasteiger charge is -2.22. The summed E-state index contributed by atoms with van der Waals surface area (Å²) in [7, 11) is 1.74. The molecule has 21 heavy (non-hydrogen) atoms. The minimum absolute atomic E-state index is 0.112. The van der Waals surface area contributed by atoms with Crippen LogP contribution in [0.4, 0.5) is 18.9 Å². The van der Waals surface area contributed by atoms with Crippen LogP contribution in [0.1, 0.15) is 16.7 Å². The Morgan fingerprint density at radius 3 is 2.29 bits per heavy atom. The van der Waals surface area contributed by atoms with E-state index < -0.39 is 18.3 Å². The molecule has 0 aliphatic carbocycles. The number of halogens is 3. The molecule has 0 aliphatic heterocycles. The molecule has 0 saturated carbocycles. The van der Waals surface area contributed by atoms with Crippen LogP contribution >= 0.6 is 0 Å². The molecule has 0 amide bonds. The maximum atomic E-state index is 13.0. The molecule has 2 aromatic rings. The van der Waals surface area contributed by atoms with Crippen molar-refractivity contribution in [2.24, 2.45) is 0 Å². The summed E-state index contributed by atoms with van der Waals surface area (Å²) in [5.41, 5.74) is 0.574. The van der Waals surface area contributed by atoms with Gasteiger partial charge in [-0.1, -0.05) is 36.4 Å². The van der Waals surface area contributed by atoms with Crippen molar-refractivity contribution in [1.82, 2.24) is 0 Å². The van der Waals surface area contributed by atoms with Gasteiger partial charge in [-0.2, -0.15) is 13.2 Å². The zero-order chi connectivity index (χ0) is 15.5. The van der Waals surface area contributed by atoms with Gasteiger partial charge in [-0.25, -0.2) is 0 Å². The molecule has 0 aliphatic rings. The fraction of sp³-hybridized carbons (Fsp3) is 0.250. The summed E-state index contributed by atoms with van der Waals surface area (Å²) in [4.78, 5) is 1.74. The van der Waals surface area contributed by atoms with Gasteiger partial charge in [0.15, 0.2) is 0 Å². The number of rotatable bonds is 4. The van der Waals surface area contributed by atoms with E-state index in [1.165, 1.54) is 6.07 Å². The number of anilines is 1. The van der Waals surface area contributed by atoms with Gasteiger partial charge in [0.05, 0.1) is 12.2 Å². The van der Waals surface area contributed by atoms with Crippen molar-refractivity contribution < 1.29 is 18.3 Å². The summed E-state index contributed by atoms with van der Waals surface area (Å²) in [6, 6.07) is 13.5. The number of nitrogens with zero attached hydrogens (tertiary/aromatic N) is 1. The Bertz CT molecular complexity index is 596. The topological polar surface area (TPSA) is 23.5 Å². The molecule has 2 nitrogen and oxygen atoms in total. The second-order valence-corrected chi connectivity index (χ2v) is 4.84. The predicted molar refractivity (Wildman–Crippen MR) is 75.9 cm³/mol. The van der Waals surface area contributed by atoms with E-state index in [1.54, 1.807) is 18.0 Å². The van der Waals surface area contributed by atoms with E-state index in [2.05, 4.69) is 0 Å². The van der Waals surface area contributed by atoms with Gasteiger partial charge in [-0.15, -0.1) is 0 Å². The Morgan fingerprint density at radius 2 is 1.71 bits per heavy atom. The Balaban J connectivity index is 2.28. The van der Waals surface area contributed by atoms with E-state index >= 15 is 0 Å². The van der Waals surface area contributed by atoms with Crippen molar-refractivity contribution in [3.63, 3.8) is 0 Å². The summed E-state index contributed by atoms with van der Waals surface area (Å²) in [6.45, 7) is -0.117.